The first-order chi connectivity index (χ1) is 8.43. The zero-order valence-electron chi connectivity index (χ0n) is 10.5. The van der Waals surface area contributed by atoms with Crippen LogP contribution in [0.2, 0.25) is 0 Å². The highest BCUT2D eigenvalue weighted by atomic mass is 15.2. The smallest absolute Gasteiger partial charge is 0.110 e. The third-order valence-corrected chi connectivity index (χ3v) is 3.89. The molecule has 0 spiro atoms. The Kier molecular flexibility index (Phi) is 3.43. The van der Waals surface area contributed by atoms with Gasteiger partial charge in [0, 0.05) is 38.8 Å². The number of fused-ring (bicyclic) bond motifs is 1. The van der Waals surface area contributed by atoms with Crippen molar-refractivity contribution in [3.05, 3.63) is 17.7 Å². The molecule has 4 heteroatoms. The van der Waals surface area contributed by atoms with E-state index in [-0.39, 0.29) is 0 Å². The van der Waals surface area contributed by atoms with Crippen molar-refractivity contribution < 1.29 is 0 Å². The molecule has 1 fully saturated rings. The van der Waals surface area contributed by atoms with E-state index in [1.54, 1.807) is 0 Å². The lowest BCUT2D eigenvalue weighted by Gasteiger charge is -2.26. The molecule has 0 amide bonds. The standard InChI is InChI=1S/C13H22N4/c1-2-7-16(8-3-1)11-12-10-15-13-4-5-14-6-9-17(12)13/h10,14H,1-9,11H2. The van der Waals surface area contributed by atoms with Crippen LogP contribution in [0.3, 0.4) is 0 Å². The number of nitrogens with zero attached hydrogens (tertiary/aromatic N) is 3. The van der Waals surface area contributed by atoms with Gasteiger partial charge < -0.3 is 9.88 Å². The number of rotatable bonds is 2. The fourth-order valence-electron chi connectivity index (χ4n) is 2.92. The first kappa shape index (κ1) is 11.2. The van der Waals surface area contributed by atoms with E-state index in [0.717, 1.165) is 32.6 Å². The van der Waals surface area contributed by atoms with Gasteiger partial charge in [0.05, 0.1) is 5.69 Å². The van der Waals surface area contributed by atoms with Crippen LogP contribution < -0.4 is 5.32 Å². The predicted octanol–water partition coefficient (Wildman–Crippen LogP) is 1.01. The SMILES string of the molecule is c1nc2n(c1CN1CCCCC1)CCNCC2. The summed E-state index contributed by atoms with van der Waals surface area (Å²) >= 11 is 0. The van der Waals surface area contributed by atoms with E-state index in [4.69, 9.17) is 0 Å². The van der Waals surface area contributed by atoms with Crippen LogP contribution in [0.15, 0.2) is 6.20 Å². The van der Waals surface area contributed by atoms with Gasteiger partial charge in [-0.15, -0.1) is 0 Å². The maximum atomic E-state index is 4.58. The maximum Gasteiger partial charge on any atom is 0.110 e. The van der Waals surface area contributed by atoms with Gasteiger partial charge in [-0.25, -0.2) is 4.98 Å². The lowest BCUT2D eigenvalue weighted by atomic mass is 10.1. The van der Waals surface area contributed by atoms with Crippen molar-refractivity contribution in [2.75, 3.05) is 26.2 Å². The van der Waals surface area contributed by atoms with Crippen LogP contribution in [0.4, 0.5) is 0 Å². The summed E-state index contributed by atoms with van der Waals surface area (Å²) in [5, 5.41) is 3.44. The Labute approximate surface area is 103 Å². The highest BCUT2D eigenvalue weighted by molar-refractivity contribution is 5.07. The Balaban J connectivity index is 1.71. The number of piperidine rings is 1. The molecule has 0 saturated carbocycles. The average Bonchev–Trinajstić information content (AvgIpc) is 2.61. The summed E-state index contributed by atoms with van der Waals surface area (Å²) in [5.74, 6) is 1.27. The molecule has 94 valence electrons. The fourth-order valence-corrected chi connectivity index (χ4v) is 2.92. The van der Waals surface area contributed by atoms with E-state index in [0.29, 0.717) is 0 Å². The van der Waals surface area contributed by atoms with Crippen molar-refractivity contribution in [2.45, 2.75) is 38.8 Å². The second kappa shape index (κ2) is 5.19. The Hall–Kier alpha value is -0.870. The van der Waals surface area contributed by atoms with Crippen molar-refractivity contribution in [1.29, 1.82) is 0 Å². The van der Waals surface area contributed by atoms with Crippen LogP contribution in [-0.2, 0) is 19.5 Å². The summed E-state index contributed by atoms with van der Waals surface area (Å²) < 4.78 is 2.43. The molecule has 3 heterocycles. The summed E-state index contributed by atoms with van der Waals surface area (Å²) in [6.07, 6.45) is 7.30. The summed E-state index contributed by atoms with van der Waals surface area (Å²) in [7, 11) is 0. The molecule has 0 atom stereocenters. The third-order valence-electron chi connectivity index (χ3n) is 3.89. The van der Waals surface area contributed by atoms with Crippen molar-refractivity contribution in [1.82, 2.24) is 19.8 Å². The van der Waals surface area contributed by atoms with Crippen molar-refractivity contribution in [3.63, 3.8) is 0 Å². The summed E-state index contributed by atoms with van der Waals surface area (Å²) in [6, 6.07) is 0. The van der Waals surface area contributed by atoms with Crippen LogP contribution >= 0.6 is 0 Å². The minimum absolute atomic E-state index is 1.07. The van der Waals surface area contributed by atoms with Crippen molar-refractivity contribution in [3.8, 4) is 0 Å². The molecule has 0 unspecified atom stereocenters. The molecule has 0 aromatic carbocycles. The summed E-state index contributed by atoms with van der Waals surface area (Å²) in [4.78, 5) is 7.15. The van der Waals surface area contributed by atoms with Crippen molar-refractivity contribution >= 4 is 0 Å². The highest BCUT2D eigenvalue weighted by Crippen LogP contribution is 2.15. The molecule has 2 aliphatic rings. The largest absolute Gasteiger partial charge is 0.329 e. The number of aromatic nitrogens is 2. The van der Waals surface area contributed by atoms with Crippen LogP contribution in [0.5, 0.6) is 0 Å². The van der Waals surface area contributed by atoms with Crippen LogP contribution in [-0.4, -0.2) is 40.6 Å². The molecule has 0 radical (unpaired) electrons. The molecule has 1 aromatic rings. The third kappa shape index (κ3) is 2.53. The molecule has 1 saturated heterocycles. The van der Waals surface area contributed by atoms with Gasteiger partial charge in [0.2, 0.25) is 0 Å². The van der Waals surface area contributed by atoms with Gasteiger partial charge in [0.1, 0.15) is 5.82 Å². The molecule has 17 heavy (non-hydrogen) atoms. The van der Waals surface area contributed by atoms with Crippen LogP contribution in [0.25, 0.3) is 0 Å². The highest BCUT2D eigenvalue weighted by Gasteiger charge is 2.16. The van der Waals surface area contributed by atoms with Crippen LogP contribution in [0.1, 0.15) is 30.8 Å². The zero-order chi connectivity index (χ0) is 11.5. The molecular formula is C13H22N4. The molecule has 1 aromatic heterocycles. The minimum atomic E-state index is 1.07. The van der Waals surface area contributed by atoms with E-state index in [2.05, 4.69) is 26.0 Å². The Morgan fingerprint density at radius 3 is 2.88 bits per heavy atom. The Morgan fingerprint density at radius 2 is 2.00 bits per heavy atom. The first-order valence-electron chi connectivity index (χ1n) is 6.90. The zero-order valence-corrected chi connectivity index (χ0v) is 10.5. The second-order valence-corrected chi connectivity index (χ2v) is 5.15. The topological polar surface area (TPSA) is 33.1 Å². The monoisotopic (exact) mass is 234 g/mol. The van der Waals surface area contributed by atoms with Gasteiger partial charge in [-0.2, -0.15) is 0 Å². The Morgan fingerprint density at radius 1 is 1.12 bits per heavy atom. The number of nitrogens with one attached hydrogen (secondary N) is 1. The van der Waals surface area contributed by atoms with Gasteiger partial charge in [0.15, 0.2) is 0 Å². The quantitative estimate of drug-likeness (QED) is 0.829. The van der Waals surface area contributed by atoms with Gasteiger partial charge in [-0.05, 0) is 25.9 Å². The fraction of sp³-hybridized carbons (Fsp3) is 0.769. The van der Waals surface area contributed by atoms with E-state index in [1.807, 2.05) is 0 Å². The number of imidazole rings is 1. The van der Waals surface area contributed by atoms with Crippen LogP contribution in [0, 0.1) is 0 Å². The molecule has 0 aliphatic carbocycles. The number of likely N-dealkylation sites (tertiary alicyclic amines) is 1. The lowest BCUT2D eigenvalue weighted by Crippen LogP contribution is -2.30. The van der Waals surface area contributed by atoms with Gasteiger partial charge in [-0.1, -0.05) is 6.42 Å². The first-order valence-corrected chi connectivity index (χ1v) is 6.90. The molecule has 4 nitrogen and oxygen atoms in total. The Bertz CT molecular complexity index is 365. The summed E-state index contributed by atoms with van der Waals surface area (Å²) in [5.41, 5.74) is 1.41. The van der Waals surface area contributed by atoms with Gasteiger partial charge >= 0.3 is 0 Å². The average molecular weight is 234 g/mol. The molecule has 0 bridgehead atoms. The van der Waals surface area contributed by atoms with Gasteiger partial charge in [-0.3, -0.25) is 4.90 Å². The van der Waals surface area contributed by atoms with E-state index < -0.39 is 0 Å². The van der Waals surface area contributed by atoms with E-state index >= 15 is 0 Å². The van der Waals surface area contributed by atoms with Crippen molar-refractivity contribution in [2.24, 2.45) is 0 Å². The second-order valence-electron chi connectivity index (χ2n) is 5.15. The van der Waals surface area contributed by atoms with Gasteiger partial charge in [0.25, 0.3) is 0 Å². The molecule has 1 N–H and O–H groups in total. The number of hydrogen-bond acceptors (Lipinski definition) is 3. The maximum absolute atomic E-state index is 4.58. The normalized spacial score (nSPS) is 22.1. The molecular weight excluding hydrogens is 212 g/mol. The molecule has 2 aliphatic heterocycles. The molecule has 3 rings (SSSR count). The predicted molar refractivity (Wildman–Crippen MR) is 67.9 cm³/mol. The van der Waals surface area contributed by atoms with E-state index in [1.165, 1.54) is 43.9 Å². The summed E-state index contributed by atoms with van der Waals surface area (Å²) in [6.45, 7) is 6.85. The lowest BCUT2D eigenvalue weighted by molar-refractivity contribution is 0.215. The van der Waals surface area contributed by atoms with E-state index in [9.17, 15) is 0 Å². The minimum Gasteiger partial charge on any atom is -0.329 e. The number of hydrogen-bond donors (Lipinski definition) is 1.